The SMILES string of the molecule is CC(C)(C)OC(=O)NCCCN(C(=O)CCCCCN1C(=O)C=CC1=O)[C@@H](c1nc(-c2cc(F)ccc2F)cn1Cc1ccccc1)C(C)(C)C. The van der Waals surface area contributed by atoms with Gasteiger partial charge in [0.05, 0.1) is 11.7 Å². The predicted molar refractivity (Wildman–Crippen MR) is 190 cm³/mol. The summed E-state index contributed by atoms with van der Waals surface area (Å²) in [4.78, 5) is 58.3. The van der Waals surface area contributed by atoms with Gasteiger partial charge in [-0.15, -0.1) is 0 Å². The Morgan fingerprint density at radius 2 is 1.61 bits per heavy atom. The summed E-state index contributed by atoms with van der Waals surface area (Å²) in [7, 11) is 0. The number of ether oxygens (including phenoxy) is 1. The second-order valence-electron chi connectivity index (χ2n) is 14.8. The van der Waals surface area contributed by atoms with Crippen molar-refractivity contribution in [3.63, 3.8) is 0 Å². The van der Waals surface area contributed by atoms with Gasteiger partial charge < -0.3 is 19.5 Å². The Kier molecular flexibility index (Phi) is 12.9. The van der Waals surface area contributed by atoms with Crippen LogP contribution in [0.4, 0.5) is 13.6 Å². The summed E-state index contributed by atoms with van der Waals surface area (Å²) in [5.41, 5.74) is -0.0224. The van der Waals surface area contributed by atoms with Crippen LogP contribution >= 0.6 is 0 Å². The zero-order valence-corrected chi connectivity index (χ0v) is 30.4. The summed E-state index contributed by atoms with van der Waals surface area (Å²) < 4.78 is 36.7. The predicted octanol–water partition coefficient (Wildman–Crippen LogP) is 7.19. The number of nitrogens with one attached hydrogen (secondary N) is 1. The second kappa shape index (κ2) is 16.9. The Balaban J connectivity index is 1.64. The molecule has 1 aliphatic heterocycles. The van der Waals surface area contributed by atoms with Gasteiger partial charge in [0.2, 0.25) is 5.91 Å². The monoisotopic (exact) mass is 705 g/mol. The highest BCUT2D eigenvalue weighted by molar-refractivity contribution is 6.12. The number of imide groups is 1. The summed E-state index contributed by atoms with van der Waals surface area (Å²) in [5.74, 6) is -1.51. The molecule has 1 aromatic heterocycles. The minimum Gasteiger partial charge on any atom is -0.444 e. The molecule has 10 nitrogen and oxygen atoms in total. The molecule has 2 aromatic carbocycles. The molecule has 0 unspecified atom stereocenters. The summed E-state index contributed by atoms with van der Waals surface area (Å²) in [5, 5.41) is 2.76. The Labute approximate surface area is 298 Å². The number of benzene rings is 2. The third kappa shape index (κ3) is 11.1. The first-order chi connectivity index (χ1) is 24.0. The van der Waals surface area contributed by atoms with E-state index in [1.54, 1.807) is 31.9 Å². The first-order valence-corrected chi connectivity index (χ1v) is 17.4. The zero-order chi connectivity index (χ0) is 37.3. The maximum Gasteiger partial charge on any atom is 0.407 e. The van der Waals surface area contributed by atoms with Gasteiger partial charge in [0, 0.05) is 56.5 Å². The van der Waals surface area contributed by atoms with E-state index in [1.807, 2.05) is 55.7 Å². The molecule has 51 heavy (non-hydrogen) atoms. The molecule has 4 rings (SSSR count). The molecule has 0 saturated heterocycles. The van der Waals surface area contributed by atoms with Gasteiger partial charge in [0.1, 0.15) is 23.1 Å². The largest absolute Gasteiger partial charge is 0.444 e. The van der Waals surface area contributed by atoms with E-state index in [1.165, 1.54) is 17.1 Å². The quantitative estimate of drug-likeness (QED) is 0.132. The lowest BCUT2D eigenvalue weighted by atomic mass is 9.84. The van der Waals surface area contributed by atoms with E-state index in [9.17, 15) is 23.6 Å². The fraction of sp³-hybridized carbons (Fsp3) is 0.462. The smallest absolute Gasteiger partial charge is 0.407 e. The molecule has 0 bridgehead atoms. The van der Waals surface area contributed by atoms with Crippen molar-refractivity contribution >= 4 is 23.8 Å². The molecule has 1 N–H and O–H groups in total. The third-order valence-electron chi connectivity index (χ3n) is 8.32. The van der Waals surface area contributed by atoms with E-state index in [4.69, 9.17) is 9.72 Å². The number of carbonyl (C=O) groups is 4. The van der Waals surface area contributed by atoms with Gasteiger partial charge in [-0.05, 0) is 69.2 Å². The Hall–Kier alpha value is -4.87. The summed E-state index contributed by atoms with van der Waals surface area (Å²) in [6, 6.07) is 12.3. The number of unbranched alkanes of at least 4 members (excludes halogenated alkanes) is 2. The number of alkyl carbamates (subject to hydrolysis) is 1. The van der Waals surface area contributed by atoms with E-state index < -0.39 is 34.8 Å². The third-order valence-corrected chi connectivity index (χ3v) is 8.32. The van der Waals surface area contributed by atoms with Crippen LogP contribution in [0, 0.1) is 17.0 Å². The molecule has 1 atom stereocenters. The van der Waals surface area contributed by atoms with Crippen LogP contribution in [0.3, 0.4) is 0 Å². The van der Waals surface area contributed by atoms with Gasteiger partial charge in [-0.1, -0.05) is 57.5 Å². The average Bonchev–Trinajstić information content (AvgIpc) is 3.59. The lowest BCUT2D eigenvalue weighted by Crippen LogP contribution is -2.44. The first-order valence-electron chi connectivity index (χ1n) is 17.4. The molecule has 3 aromatic rings. The van der Waals surface area contributed by atoms with Crippen LogP contribution in [0.15, 0.2) is 66.9 Å². The van der Waals surface area contributed by atoms with E-state index >= 15 is 4.39 Å². The highest BCUT2D eigenvalue weighted by Crippen LogP contribution is 2.40. The lowest BCUT2D eigenvalue weighted by molar-refractivity contribution is -0.138. The second-order valence-corrected chi connectivity index (χ2v) is 14.8. The van der Waals surface area contributed by atoms with Crippen LogP contribution in [-0.2, 0) is 25.7 Å². The van der Waals surface area contributed by atoms with Gasteiger partial charge >= 0.3 is 6.09 Å². The van der Waals surface area contributed by atoms with E-state index in [0.29, 0.717) is 38.1 Å². The highest BCUT2D eigenvalue weighted by atomic mass is 19.1. The zero-order valence-electron chi connectivity index (χ0n) is 30.4. The van der Waals surface area contributed by atoms with Gasteiger partial charge in [-0.3, -0.25) is 19.3 Å². The van der Waals surface area contributed by atoms with Gasteiger partial charge in [-0.2, -0.15) is 0 Å². The van der Waals surface area contributed by atoms with Crippen molar-refractivity contribution in [3.8, 4) is 11.3 Å². The van der Waals surface area contributed by atoms with Crippen LogP contribution < -0.4 is 5.32 Å². The lowest BCUT2D eigenvalue weighted by Gasteiger charge is -2.40. The number of nitrogens with zero attached hydrogens (tertiary/aromatic N) is 4. The normalized spacial score (nSPS) is 13.8. The number of hydrogen-bond acceptors (Lipinski definition) is 6. The molecular weight excluding hydrogens is 656 g/mol. The van der Waals surface area contributed by atoms with Crippen LogP contribution in [-0.4, -0.2) is 68.4 Å². The standard InChI is InChI=1S/C39H49F2N5O5/c1-38(2,3)35(36-43-31(29-24-28(40)17-18-30(29)41)26-44(36)25-27-14-9-7-10-15-27)46(23-13-21-42-37(50)51-39(4,5)6)32(47)16-11-8-12-22-45-33(48)19-20-34(45)49/h7,9-10,14-15,17-20,24,26,35H,8,11-13,16,21-23,25H2,1-6H3,(H,42,50)/t35-/m0/s1. The maximum absolute atomic E-state index is 15.1. The minimum atomic E-state index is -0.663. The van der Waals surface area contributed by atoms with Crippen molar-refractivity contribution in [1.29, 1.82) is 0 Å². The van der Waals surface area contributed by atoms with Gasteiger partial charge in [0.15, 0.2) is 0 Å². The number of halogens is 2. The van der Waals surface area contributed by atoms with Crippen molar-refractivity contribution < 1.29 is 32.7 Å². The number of hydrogen-bond donors (Lipinski definition) is 1. The highest BCUT2D eigenvalue weighted by Gasteiger charge is 2.38. The van der Waals surface area contributed by atoms with Crippen molar-refractivity contribution in [2.75, 3.05) is 19.6 Å². The molecule has 12 heteroatoms. The van der Waals surface area contributed by atoms with Crippen molar-refractivity contribution in [3.05, 3.63) is 89.9 Å². The first kappa shape index (κ1) is 38.9. The summed E-state index contributed by atoms with van der Waals surface area (Å²) in [6.45, 7) is 12.5. The Bertz CT molecular complexity index is 1710. The topological polar surface area (TPSA) is 114 Å². The number of aromatic nitrogens is 2. The molecule has 2 heterocycles. The molecule has 1 aliphatic rings. The van der Waals surface area contributed by atoms with Gasteiger partial charge in [0.25, 0.3) is 11.8 Å². The number of rotatable bonds is 15. The molecule has 0 saturated carbocycles. The number of amides is 4. The molecule has 0 spiro atoms. The van der Waals surface area contributed by atoms with E-state index in [-0.39, 0.29) is 55.0 Å². The van der Waals surface area contributed by atoms with E-state index in [2.05, 4.69) is 5.32 Å². The molecule has 274 valence electrons. The van der Waals surface area contributed by atoms with Crippen LogP contribution in [0.25, 0.3) is 11.3 Å². The van der Waals surface area contributed by atoms with Crippen LogP contribution in [0.2, 0.25) is 0 Å². The van der Waals surface area contributed by atoms with E-state index in [0.717, 1.165) is 23.8 Å². The fourth-order valence-corrected chi connectivity index (χ4v) is 6.04. The van der Waals surface area contributed by atoms with Gasteiger partial charge in [-0.25, -0.2) is 18.6 Å². The van der Waals surface area contributed by atoms with Crippen molar-refractivity contribution in [1.82, 2.24) is 24.7 Å². The minimum absolute atomic E-state index is 0.0142. The Morgan fingerprint density at radius 1 is 0.922 bits per heavy atom. The molecule has 0 radical (unpaired) electrons. The molecule has 0 fully saturated rings. The number of imidazole rings is 1. The maximum atomic E-state index is 15.1. The van der Waals surface area contributed by atoms with Crippen molar-refractivity contribution in [2.45, 2.75) is 91.8 Å². The number of carbonyl (C=O) groups excluding carboxylic acids is 4. The van der Waals surface area contributed by atoms with Crippen molar-refractivity contribution in [2.24, 2.45) is 5.41 Å². The molecular formula is C39H49F2N5O5. The summed E-state index contributed by atoms with van der Waals surface area (Å²) >= 11 is 0. The Morgan fingerprint density at radius 3 is 2.25 bits per heavy atom. The fourth-order valence-electron chi connectivity index (χ4n) is 6.04. The molecule has 0 aliphatic carbocycles. The summed E-state index contributed by atoms with van der Waals surface area (Å²) in [6.07, 6.45) is 5.94. The molecule has 4 amide bonds. The van der Waals surface area contributed by atoms with Crippen LogP contribution in [0.1, 0.15) is 91.1 Å². The average molecular weight is 706 g/mol. The van der Waals surface area contributed by atoms with Crippen LogP contribution in [0.5, 0.6) is 0 Å².